The summed E-state index contributed by atoms with van der Waals surface area (Å²) in [5.74, 6) is -0.665. The molecule has 0 saturated carbocycles. The van der Waals surface area contributed by atoms with Gasteiger partial charge >= 0.3 is 6.09 Å². The Hall–Kier alpha value is -2.57. The van der Waals surface area contributed by atoms with Gasteiger partial charge in [0, 0.05) is 13.1 Å². The highest BCUT2D eigenvalue weighted by Crippen LogP contribution is 2.25. The van der Waals surface area contributed by atoms with Gasteiger partial charge in [-0.1, -0.05) is 78.1 Å². The van der Waals surface area contributed by atoms with Gasteiger partial charge in [0.2, 0.25) is 11.8 Å². The number of benzene rings is 1. The SMILES string of the molecule is CCCCCNC(=O)C(c1ccc(CC)cc1)N(CCCC)C(=O)C(NC(=O)OC(C)(C)C)C(C)C. The number of unbranched alkanes of at least 4 members (excludes halogenated alkanes) is 3. The first-order valence-corrected chi connectivity index (χ1v) is 13.6. The summed E-state index contributed by atoms with van der Waals surface area (Å²) in [5.41, 5.74) is 1.25. The second kappa shape index (κ2) is 15.5. The van der Waals surface area contributed by atoms with Gasteiger partial charge in [-0.05, 0) is 57.1 Å². The highest BCUT2D eigenvalue weighted by Gasteiger charge is 2.37. The van der Waals surface area contributed by atoms with Crippen LogP contribution < -0.4 is 10.6 Å². The van der Waals surface area contributed by atoms with Crippen LogP contribution in [0, 0.1) is 5.92 Å². The molecule has 0 fully saturated rings. The summed E-state index contributed by atoms with van der Waals surface area (Å²) < 4.78 is 5.42. The van der Waals surface area contributed by atoms with Gasteiger partial charge in [-0.25, -0.2) is 4.79 Å². The number of hydrogen-bond donors (Lipinski definition) is 2. The van der Waals surface area contributed by atoms with Crippen molar-refractivity contribution in [3.05, 3.63) is 35.4 Å². The maximum absolute atomic E-state index is 14.0. The van der Waals surface area contributed by atoms with Gasteiger partial charge in [0.05, 0.1) is 0 Å². The molecule has 36 heavy (non-hydrogen) atoms. The molecule has 0 aliphatic carbocycles. The highest BCUT2D eigenvalue weighted by atomic mass is 16.6. The van der Waals surface area contributed by atoms with Crippen LogP contribution in [0.3, 0.4) is 0 Å². The van der Waals surface area contributed by atoms with Crippen molar-refractivity contribution in [1.82, 2.24) is 15.5 Å². The van der Waals surface area contributed by atoms with Crippen molar-refractivity contribution in [1.29, 1.82) is 0 Å². The summed E-state index contributed by atoms with van der Waals surface area (Å²) in [7, 11) is 0. The van der Waals surface area contributed by atoms with Crippen molar-refractivity contribution in [3.63, 3.8) is 0 Å². The summed E-state index contributed by atoms with van der Waals surface area (Å²) in [6.07, 6.45) is 4.85. The molecular weight excluding hydrogens is 454 g/mol. The van der Waals surface area contributed by atoms with Crippen molar-refractivity contribution in [2.75, 3.05) is 13.1 Å². The number of amides is 3. The van der Waals surface area contributed by atoms with Gasteiger partial charge in [0.15, 0.2) is 0 Å². The number of ether oxygens (including phenoxy) is 1. The number of nitrogens with one attached hydrogen (secondary N) is 2. The van der Waals surface area contributed by atoms with E-state index in [4.69, 9.17) is 4.74 Å². The third-order valence-corrected chi connectivity index (χ3v) is 5.98. The number of aryl methyl sites for hydroxylation is 1. The molecule has 1 aromatic carbocycles. The highest BCUT2D eigenvalue weighted by molar-refractivity contribution is 5.92. The van der Waals surface area contributed by atoms with E-state index in [-0.39, 0.29) is 17.7 Å². The topological polar surface area (TPSA) is 87.7 Å². The van der Waals surface area contributed by atoms with E-state index in [1.54, 1.807) is 25.7 Å². The first kappa shape index (κ1) is 31.5. The van der Waals surface area contributed by atoms with Crippen LogP contribution in [-0.4, -0.2) is 47.5 Å². The van der Waals surface area contributed by atoms with E-state index in [1.807, 2.05) is 38.1 Å². The molecule has 0 saturated heterocycles. The number of hydrogen-bond acceptors (Lipinski definition) is 4. The normalized spacial score (nSPS) is 13.1. The molecule has 0 aliphatic heterocycles. The molecule has 0 radical (unpaired) electrons. The molecule has 2 unspecified atom stereocenters. The van der Waals surface area contributed by atoms with E-state index in [0.29, 0.717) is 13.1 Å². The van der Waals surface area contributed by atoms with Crippen LogP contribution in [0.1, 0.15) is 105 Å². The number of nitrogens with zero attached hydrogens (tertiary/aromatic N) is 1. The third kappa shape index (κ3) is 10.6. The largest absolute Gasteiger partial charge is 0.444 e. The van der Waals surface area contributed by atoms with Gasteiger partial charge in [0.1, 0.15) is 17.7 Å². The molecule has 2 atom stereocenters. The molecule has 1 rings (SSSR count). The van der Waals surface area contributed by atoms with Crippen LogP contribution in [0.2, 0.25) is 0 Å². The second-order valence-corrected chi connectivity index (χ2v) is 10.7. The first-order chi connectivity index (χ1) is 16.9. The molecule has 3 amide bonds. The zero-order valence-corrected chi connectivity index (χ0v) is 23.8. The quantitative estimate of drug-likeness (QED) is 0.315. The van der Waals surface area contributed by atoms with Crippen LogP contribution in [0.25, 0.3) is 0 Å². The smallest absolute Gasteiger partial charge is 0.408 e. The molecule has 0 heterocycles. The summed E-state index contributed by atoms with van der Waals surface area (Å²) in [6.45, 7) is 16.3. The van der Waals surface area contributed by atoms with Crippen LogP contribution in [0.15, 0.2) is 24.3 Å². The number of alkyl carbamates (subject to hydrolysis) is 1. The molecule has 7 nitrogen and oxygen atoms in total. The van der Waals surface area contributed by atoms with Gasteiger partial charge in [-0.15, -0.1) is 0 Å². The molecular formula is C29H49N3O4. The molecule has 7 heteroatoms. The lowest BCUT2D eigenvalue weighted by molar-refractivity contribution is -0.143. The standard InChI is InChI=1S/C29H49N3O4/c1-9-12-14-19-30-26(33)25(23-17-15-22(11-3)16-18-23)32(20-13-10-2)27(34)24(21(4)5)31-28(35)36-29(6,7)8/h15-18,21,24-25H,9-14,19-20H2,1-8H3,(H,30,33)(H,31,35). The van der Waals surface area contributed by atoms with E-state index >= 15 is 0 Å². The van der Waals surface area contributed by atoms with Crippen molar-refractivity contribution >= 4 is 17.9 Å². The Labute approximate surface area is 218 Å². The van der Waals surface area contributed by atoms with Gasteiger partial charge in [-0.2, -0.15) is 0 Å². The lowest BCUT2D eigenvalue weighted by atomic mass is 9.97. The Balaban J connectivity index is 3.37. The molecule has 0 aromatic heterocycles. The van der Waals surface area contributed by atoms with E-state index in [2.05, 4.69) is 31.4 Å². The number of rotatable bonds is 14. The average molecular weight is 504 g/mol. The minimum Gasteiger partial charge on any atom is -0.444 e. The summed E-state index contributed by atoms with van der Waals surface area (Å²) in [6, 6.07) is 6.29. The van der Waals surface area contributed by atoms with E-state index in [0.717, 1.165) is 44.1 Å². The van der Waals surface area contributed by atoms with Crippen LogP contribution in [0.4, 0.5) is 4.79 Å². The fourth-order valence-electron chi connectivity index (χ4n) is 3.91. The average Bonchev–Trinajstić information content (AvgIpc) is 2.81. The Bertz CT molecular complexity index is 815. The lowest BCUT2D eigenvalue weighted by Gasteiger charge is -2.35. The Morgan fingerprint density at radius 1 is 0.944 bits per heavy atom. The molecule has 204 valence electrons. The molecule has 0 aliphatic rings. The lowest BCUT2D eigenvalue weighted by Crippen LogP contribution is -2.55. The zero-order valence-electron chi connectivity index (χ0n) is 23.8. The first-order valence-electron chi connectivity index (χ1n) is 13.6. The summed E-state index contributed by atoms with van der Waals surface area (Å²) in [5, 5.41) is 5.82. The Morgan fingerprint density at radius 3 is 2.06 bits per heavy atom. The summed E-state index contributed by atoms with van der Waals surface area (Å²) >= 11 is 0. The molecule has 1 aromatic rings. The molecule has 0 spiro atoms. The summed E-state index contributed by atoms with van der Waals surface area (Å²) in [4.78, 5) is 41.8. The predicted molar refractivity (Wildman–Crippen MR) is 146 cm³/mol. The van der Waals surface area contributed by atoms with Crippen LogP contribution in [-0.2, 0) is 20.7 Å². The van der Waals surface area contributed by atoms with Gasteiger partial charge < -0.3 is 20.3 Å². The zero-order chi connectivity index (χ0) is 27.3. The second-order valence-electron chi connectivity index (χ2n) is 10.7. The maximum Gasteiger partial charge on any atom is 0.408 e. The number of carbonyl (C=O) groups excluding carboxylic acids is 3. The predicted octanol–water partition coefficient (Wildman–Crippen LogP) is 5.77. The number of carbonyl (C=O) groups is 3. The Morgan fingerprint density at radius 2 is 1.56 bits per heavy atom. The minimum absolute atomic E-state index is 0.190. The van der Waals surface area contributed by atoms with Crippen LogP contribution >= 0.6 is 0 Å². The van der Waals surface area contributed by atoms with Crippen LogP contribution in [0.5, 0.6) is 0 Å². The molecule has 2 N–H and O–H groups in total. The maximum atomic E-state index is 14.0. The van der Waals surface area contributed by atoms with E-state index in [1.165, 1.54) is 5.56 Å². The fourth-order valence-corrected chi connectivity index (χ4v) is 3.91. The van der Waals surface area contributed by atoms with E-state index < -0.39 is 23.8 Å². The Kier molecular flexibility index (Phi) is 13.6. The van der Waals surface area contributed by atoms with Gasteiger partial charge in [-0.3, -0.25) is 9.59 Å². The van der Waals surface area contributed by atoms with Crippen molar-refractivity contribution in [2.24, 2.45) is 5.92 Å². The van der Waals surface area contributed by atoms with Crippen molar-refractivity contribution < 1.29 is 19.1 Å². The van der Waals surface area contributed by atoms with Gasteiger partial charge in [0.25, 0.3) is 0 Å². The van der Waals surface area contributed by atoms with E-state index in [9.17, 15) is 14.4 Å². The van der Waals surface area contributed by atoms with Crippen molar-refractivity contribution in [2.45, 2.75) is 112 Å². The fraction of sp³-hybridized carbons (Fsp3) is 0.690. The minimum atomic E-state index is -0.818. The monoisotopic (exact) mass is 503 g/mol. The third-order valence-electron chi connectivity index (χ3n) is 5.98. The van der Waals surface area contributed by atoms with Crippen molar-refractivity contribution in [3.8, 4) is 0 Å². The molecule has 0 bridgehead atoms.